The highest BCUT2D eigenvalue weighted by atomic mass is 16.6. The number of methoxy groups -OCH3 is 1. The molecule has 0 fully saturated rings. The van der Waals surface area contributed by atoms with Crippen LogP contribution in [-0.4, -0.2) is 53.9 Å². The molecule has 0 bridgehead atoms. The number of aromatic hydroxyl groups is 1. The molecule has 0 aliphatic rings. The molecule has 0 aliphatic heterocycles. The minimum atomic E-state index is -0.753. The fourth-order valence-corrected chi connectivity index (χ4v) is 3.47. The molecule has 2 rings (SSSR count). The third-order valence-electron chi connectivity index (χ3n) is 5.35. The van der Waals surface area contributed by atoms with Crippen LogP contribution in [0.25, 0.3) is 0 Å². The summed E-state index contributed by atoms with van der Waals surface area (Å²) in [5, 5.41) is 10.2. The first-order valence-corrected chi connectivity index (χ1v) is 11.6. The Morgan fingerprint density at radius 2 is 1.79 bits per heavy atom. The second kappa shape index (κ2) is 13.5. The second-order valence-corrected chi connectivity index (χ2v) is 8.09. The first kappa shape index (κ1) is 27.1. The monoisotopic (exact) mass is 473 g/mol. The maximum Gasteiger partial charge on any atom is 0.309 e. The zero-order valence-corrected chi connectivity index (χ0v) is 20.5. The highest BCUT2D eigenvalue weighted by Gasteiger charge is 2.33. The van der Waals surface area contributed by atoms with E-state index in [1.54, 1.807) is 13.8 Å². The first-order valence-electron chi connectivity index (χ1n) is 11.6. The number of ether oxygens (including phenoxy) is 4. The fraction of sp³-hybridized carbons (Fsp3) is 0.500. The summed E-state index contributed by atoms with van der Waals surface area (Å²) in [7, 11) is 1.38. The number of benzene rings is 1. The number of Topliss-reactive ketones (excluding diaryl/α,β-unsaturated/α-hetero) is 1. The fourth-order valence-electron chi connectivity index (χ4n) is 3.47. The number of rotatable bonds is 14. The molecule has 4 atom stereocenters. The minimum absolute atomic E-state index is 0.140. The summed E-state index contributed by atoms with van der Waals surface area (Å²) < 4.78 is 22.9. The Kier molecular flexibility index (Phi) is 10.8. The molecule has 1 N–H and O–H groups in total. The maximum absolute atomic E-state index is 12.8. The topological polar surface area (TPSA) is 104 Å². The van der Waals surface area contributed by atoms with E-state index in [4.69, 9.17) is 18.9 Å². The van der Waals surface area contributed by atoms with Gasteiger partial charge < -0.3 is 24.1 Å². The van der Waals surface area contributed by atoms with E-state index in [0.29, 0.717) is 18.8 Å². The average molecular weight is 474 g/mol. The summed E-state index contributed by atoms with van der Waals surface area (Å²) in [4.78, 5) is 29.4. The third kappa shape index (κ3) is 7.45. The molecule has 0 unspecified atom stereocenters. The third-order valence-corrected chi connectivity index (χ3v) is 5.35. The van der Waals surface area contributed by atoms with Crippen LogP contribution in [0.3, 0.4) is 0 Å². The number of carbonyl (C=O) groups excluding carboxylic acids is 2. The molecule has 0 aliphatic carbocycles. The van der Waals surface area contributed by atoms with Crippen molar-refractivity contribution < 1.29 is 33.6 Å². The lowest BCUT2D eigenvalue weighted by atomic mass is 10.0. The lowest BCUT2D eigenvalue weighted by molar-refractivity contribution is -0.162. The van der Waals surface area contributed by atoms with Crippen LogP contribution in [0, 0.1) is 5.92 Å². The molecule has 8 heteroatoms. The van der Waals surface area contributed by atoms with Crippen LogP contribution in [0.2, 0.25) is 0 Å². The van der Waals surface area contributed by atoms with Crippen LogP contribution in [0.5, 0.6) is 17.2 Å². The molecule has 2 aromatic rings. The SMILES string of the molecule is CCCO[C@@H](CC)[C@@H](Oc1ccccc1)[C@H](C)OC(=O)[C@@H](C)CC(=O)c1nccc(OC)c1O. The van der Waals surface area contributed by atoms with Crippen LogP contribution in [-0.2, 0) is 14.3 Å². The Morgan fingerprint density at radius 1 is 1.09 bits per heavy atom. The predicted molar refractivity (Wildman–Crippen MR) is 127 cm³/mol. The van der Waals surface area contributed by atoms with Crippen LogP contribution >= 0.6 is 0 Å². The van der Waals surface area contributed by atoms with Crippen molar-refractivity contribution in [2.45, 2.75) is 65.3 Å². The Morgan fingerprint density at radius 3 is 2.41 bits per heavy atom. The van der Waals surface area contributed by atoms with Gasteiger partial charge in [0, 0.05) is 25.3 Å². The molecule has 0 saturated heterocycles. The number of para-hydroxylation sites is 1. The highest BCUT2D eigenvalue weighted by molar-refractivity contribution is 5.99. The number of hydrogen-bond donors (Lipinski definition) is 1. The van der Waals surface area contributed by atoms with E-state index in [1.807, 2.05) is 44.2 Å². The van der Waals surface area contributed by atoms with Gasteiger partial charge in [-0.1, -0.05) is 39.0 Å². The van der Waals surface area contributed by atoms with Gasteiger partial charge in [0.05, 0.1) is 19.1 Å². The van der Waals surface area contributed by atoms with Gasteiger partial charge in [0.1, 0.15) is 11.9 Å². The molecule has 34 heavy (non-hydrogen) atoms. The Bertz CT molecular complexity index is 919. The summed E-state index contributed by atoms with van der Waals surface area (Å²) in [5.41, 5.74) is -0.142. The van der Waals surface area contributed by atoms with Crippen molar-refractivity contribution in [1.82, 2.24) is 4.98 Å². The molecule has 1 heterocycles. The molecule has 0 amide bonds. The largest absolute Gasteiger partial charge is 0.503 e. The Hall–Kier alpha value is -3.13. The van der Waals surface area contributed by atoms with E-state index in [9.17, 15) is 14.7 Å². The van der Waals surface area contributed by atoms with Gasteiger partial charge in [-0.15, -0.1) is 0 Å². The summed E-state index contributed by atoms with van der Waals surface area (Å²) >= 11 is 0. The van der Waals surface area contributed by atoms with Gasteiger partial charge in [-0.25, -0.2) is 4.98 Å². The molecule has 0 spiro atoms. The van der Waals surface area contributed by atoms with E-state index in [0.717, 1.165) is 6.42 Å². The lowest BCUT2D eigenvalue weighted by Crippen LogP contribution is -2.44. The van der Waals surface area contributed by atoms with E-state index >= 15 is 0 Å². The number of nitrogens with zero attached hydrogens (tertiary/aromatic N) is 1. The summed E-state index contributed by atoms with van der Waals surface area (Å²) in [6.45, 7) is 7.94. The van der Waals surface area contributed by atoms with Crippen LogP contribution in [0.1, 0.15) is 57.4 Å². The summed E-state index contributed by atoms with van der Waals surface area (Å²) in [6.07, 6.45) is 1.28. The van der Waals surface area contributed by atoms with Crippen molar-refractivity contribution in [3.63, 3.8) is 0 Å². The predicted octanol–water partition coefficient (Wildman–Crippen LogP) is 4.59. The minimum Gasteiger partial charge on any atom is -0.503 e. The number of esters is 1. The van der Waals surface area contributed by atoms with E-state index in [1.165, 1.54) is 19.4 Å². The maximum atomic E-state index is 12.8. The smallest absolute Gasteiger partial charge is 0.309 e. The van der Waals surface area contributed by atoms with Gasteiger partial charge >= 0.3 is 5.97 Å². The standard InChI is InChI=1S/C26H35NO7/c1-6-15-32-21(7-2)25(34-19-11-9-8-10-12-19)18(4)33-26(30)17(3)16-20(28)23-24(29)22(31-5)13-14-27-23/h8-14,17-18,21,25,29H,6-7,15-16H2,1-5H3/t17-,18-,21-,25-/m0/s1. The van der Waals surface area contributed by atoms with Crippen molar-refractivity contribution in [2.75, 3.05) is 13.7 Å². The quantitative estimate of drug-likeness (QED) is 0.314. The number of pyridine rings is 1. The van der Waals surface area contributed by atoms with E-state index < -0.39 is 29.9 Å². The molecular formula is C26H35NO7. The number of hydrogen-bond acceptors (Lipinski definition) is 8. The number of carbonyl (C=O) groups is 2. The second-order valence-electron chi connectivity index (χ2n) is 8.09. The van der Waals surface area contributed by atoms with Gasteiger partial charge in [-0.2, -0.15) is 0 Å². The average Bonchev–Trinajstić information content (AvgIpc) is 2.84. The molecule has 1 aromatic carbocycles. The van der Waals surface area contributed by atoms with Gasteiger partial charge in [-0.3, -0.25) is 9.59 Å². The zero-order valence-electron chi connectivity index (χ0n) is 20.5. The van der Waals surface area contributed by atoms with Crippen molar-refractivity contribution in [1.29, 1.82) is 0 Å². The van der Waals surface area contributed by atoms with Crippen molar-refractivity contribution in [2.24, 2.45) is 5.92 Å². The Balaban J connectivity index is 2.09. The van der Waals surface area contributed by atoms with Gasteiger partial charge in [0.2, 0.25) is 0 Å². The molecule has 0 radical (unpaired) electrons. The Labute approximate surface area is 201 Å². The van der Waals surface area contributed by atoms with Gasteiger partial charge in [0.15, 0.2) is 29.1 Å². The van der Waals surface area contributed by atoms with Crippen LogP contribution in [0.15, 0.2) is 42.6 Å². The molecular weight excluding hydrogens is 438 g/mol. The summed E-state index contributed by atoms with van der Waals surface area (Å²) in [6, 6.07) is 10.7. The van der Waals surface area contributed by atoms with Crippen molar-refractivity contribution >= 4 is 11.8 Å². The molecule has 8 nitrogen and oxygen atoms in total. The summed E-state index contributed by atoms with van der Waals surface area (Å²) in [5.74, 6) is -1.34. The van der Waals surface area contributed by atoms with Crippen LogP contribution < -0.4 is 9.47 Å². The zero-order chi connectivity index (χ0) is 25.1. The number of ketones is 1. The van der Waals surface area contributed by atoms with Crippen LogP contribution in [0.4, 0.5) is 0 Å². The highest BCUT2D eigenvalue weighted by Crippen LogP contribution is 2.29. The number of aromatic nitrogens is 1. The molecule has 1 aromatic heterocycles. The van der Waals surface area contributed by atoms with Gasteiger partial charge in [0.25, 0.3) is 0 Å². The van der Waals surface area contributed by atoms with Gasteiger partial charge in [-0.05, 0) is 31.9 Å². The first-order chi connectivity index (χ1) is 16.3. The molecule has 186 valence electrons. The van der Waals surface area contributed by atoms with E-state index in [2.05, 4.69) is 4.98 Å². The normalized spacial score (nSPS) is 14.5. The van der Waals surface area contributed by atoms with Crippen molar-refractivity contribution in [3.8, 4) is 17.2 Å². The van der Waals surface area contributed by atoms with Crippen molar-refractivity contribution in [3.05, 3.63) is 48.3 Å². The lowest BCUT2D eigenvalue weighted by Gasteiger charge is -2.32. The van der Waals surface area contributed by atoms with E-state index in [-0.39, 0.29) is 29.7 Å². The molecule has 0 saturated carbocycles.